The molecule has 1 aromatic heterocycles. The van der Waals surface area contributed by atoms with Gasteiger partial charge < -0.3 is 0 Å². The van der Waals surface area contributed by atoms with Crippen molar-refractivity contribution >= 4 is 15.9 Å². The SMILES string of the molecule is Cc1ncc(Br)c(=O)n1Cc1cc(C#N)ccc1F. The minimum Gasteiger partial charge on any atom is -0.291 e. The molecule has 0 aliphatic rings. The maximum Gasteiger partial charge on any atom is 0.268 e. The Balaban J connectivity index is 2.51. The summed E-state index contributed by atoms with van der Waals surface area (Å²) in [5, 5.41) is 8.81. The Morgan fingerprint density at radius 3 is 2.95 bits per heavy atom. The Labute approximate surface area is 117 Å². The molecular weight excluding hydrogens is 313 g/mol. The Bertz CT molecular complexity index is 734. The lowest BCUT2D eigenvalue weighted by molar-refractivity contribution is 0.588. The number of nitrogens with zero attached hydrogens (tertiary/aromatic N) is 3. The van der Waals surface area contributed by atoms with Crippen LogP contribution in [0.3, 0.4) is 0 Å². The van der Waals surface area contributed by atoms with Crippen LogP contribution in [0.5, 0.6) is 0 Å². The molecule has 4 nitrogen and oxygen atoms in total. The van der Waals surface area contributed by atoms with E-state index >= 15 is 0 Å². The highest BCUT2D eigenvalue weighted by molar-refractivity contribution is 9.10. The molecule has 0 radical (unpaired) electrons. The lowest BCUT2D eigenvalue weighted by Crippen LogP contribution is -2.25. The molecule has 0 bridgehead atoms. The molecule has 0 saturated heterocycles. The molecule has 0 spiro atoms. The quantitative estimate of drug-likeness (QED) is 0.853. The maximum absolute atomic E-state index is 13.7. The van der Waals surface area contributed by atoms with E-state index in [1.54, 1.807) is 6.92 Å². The Hall–Kier alpha value is -2.00. The van der Waals surface area contributed by atoms with Crippen LogP contribution in [0.1, 0.15) is 17.0 Å². The zero-order valence-electron chi connectivity index (χ0n) is 10.0. The van der Waals surface area contributed by atoms with Crippen molar-refractivity contribution in [3.05, 3.63) is 62.0 Å². The molecule has 0 fully saturated rings. The average molecular weight is 322 g/mol. The summed E-state index contributed by atoms with van der Waals surface area (Å²) in [7, 11) is 0. The molecule has 2 rings (SSSR count). The lowest BCUT2D eigenvalue weighted by Gasteiger charge is -2.10. The molecule has 0 N–H and O–H groups in total. The predicted molar refractivity (Wildman–Crippen MR) is 71.2 cm³/mol. The average Bonchev–Trinajstić information content (AvgIpc) is 2.41. The summed E-state index contributed by atoms with van der Waals surface area (Å²) in [5.41, 5.74) is 0.350. The summed E-state index contributed by atoms with van der Waals surface area (Å²) in [6.45, 7) is 1.71. The Morgan fingerprint density at radius 1 is 1.53 bits per heavy atom. The molecule has 19 heavy (non-hydrogen) atoms. The first-order valence-electron chi connectivity index (χ1n) is 5.43. The fraction of sp³-hybridized carbons (Fsp3) is 0.154. The summed E-state index contributed by atoms with van der Waals surface area (Å²) in [6.07, 6.45) is 1.41. The third kappa shape index (κ3) is 2.71. The summed E-state index contributed by atoms with van der Waals surface area (Å²) in [4.78, 5) is 16.0. The summed E-state index contributed by atoms with van der Waals surface area (Å²) >= 11 is 3.10. The summed E-state index contributed by atoms with van der Waals surface area (Å²) in [6, 6.07) is 5.99. The fourth-order valence-corrected chi connectivity index (χ4v) is 1.99. The van der Waals surface area contributed by atoms with Crippen molar-refractivity contribution in [3.8, 4) is 6.07 Å². The van der Waals surface area contributed by atoms with Crippen LogP contribution in [0.4, 0.5) is 4.39 Å². The van der Waals surface area contributed by atoms with Gasteiger partial charge in [-0.1, -0.05) is 0 Å². The molecular formula is C13H9BrFN3O. The third-order valence-corrected chi connectivity index (χ3v) is 3.25. The monoisotopic (exact) mass is 321 g/mol. The summed E-state index contributed by atoms with van der Waals surface area (Å²) in [5.74, 6) is 0.0280. The van der Waals surface area contributed by atoms with Crippen LogP contribution in [-0.4, -0.2) is 9.55 Å². The molecule has 0 amide bonds. The molecule has 0 atom stereocenters. The molecule has 0 saturated carbocycles. The first-order valence-corrected chi connectivity index (χ1v) is 6.22. The van der Waals surface area contributed by atoms with Crippen molar-refractivity contribution in [2.75, 3.05) is 0 Å². The highest BCUT2D eigenvalue weighted by Gasteiger charge is 2.10. The van der Waals surface area contributed by atoms with Gasteiger partial charge in [0.25, 0.3) is 5.56 Å². The second-order valence-corrected chi connectivity index (χ2v) is 4.82. The molecule has 0 aliphatic carbocycles. The van der Waals surface area contributed by atoms with Crippen LogP contribution in [0.2, 0.25) is 0 Å². The maximum atomic E-state index is 13.7. The van der Waals surface area contributed by atoms with Crippen molar-refractivity contribution in [2.45, 2.75) is 13.5 Å². The van der Waals surface area contributed by atoms with E-state index in [1.165, 1.54) is 29.0 Å². The molecule has 1 aromatic carbocycles. The second kappa shape index (κ2) is 5.33. The number of hydrogen-bond donors (Lipinski definition) is 0. The zero-order chi connectivity index (χ0) is 14.0. The highest BCUT2D eigenvalue weighted by atomic mass is 79.9. The van der Waals surface area contributed by atoms with Crippen LogP contribution < -0.4 is 5.56 Å². The van der Waals surface area contributed by atoms with Gasteiger partial charge in [0.05, 0.1) is 18.2 Å². The molecule has 0 unspecified atom stereocenters. The van der Waals surface area contributed by atoms with Gasteiger partial charge in [-0.15, -0.1) is 0 Å². The van der Waals surface area contributed by atoms with Gasteiger partial charge in [0.2, 0.25) is 0 Å². The van der Waals surface area contributed by atoms with E-state index in [4.69, 9.17) is 5.26 Å². The predicted octanol–water partition coefficient (Wildman–Crippen LogP) is 2.37. The Kier molecular flexibility index (Phi) is 3.76. The van der Waals surface area contributed by atoms with E-state index in [2.05, 4.69) is 20.9 Å². The number of aromatic nitrogens is 2. The van der Waals surface area contributed by atoms with Gasteiger partial charge in [-0.2, -0.15) is 5.26 Å². The van der Waals surface area contributed by atoms with E-state index in [9.17, 15) is 9.18 Å². The number of halogens is 2. The van der Waals surface area contributed by atoms with E-state index in [0.717, 1.165) is 0 Å². The minimum atomic E-state index is -0.453. The highest BCUT2D eigenvalue weighted by Crippen LogP contribution is 2.12. The normalized spacial score (nSPS) is 10.2. The molecule has 96 valence electrons. The van der Waals surface area contributed by atoms with Crippen LogP contribution >= 0.6 is 15.9 Å². The van der Waals surface area contributed by atoms with Gasteiger partial charge >= 0.3 is 0 Å². The summed E-state index contributed by atoms with van der Waals surface area (Å²) < 4.78 is 15.4. The van der Waals surface area contributed by atoms with Crippen LogP contribution in [0.25, 0.3) is 0 Å². The van der Waals surface area contributed by atoms with Gasteiger partial charge in [0.15, 0.2) is 0 Å². The van der Waals surface area contributed by atoms with Crippen LogP contribution in [0.15, 0.2) is 33.7 Å². The van der Waals surface area contributed by atoms with Gasteiger partial charge in [0.1, 0.15) is 16.1 Å². The molecule has 6 heteroatoms. The van der Waals surface area contributed by atoms with Gasteiger partial charge in [-0.3, -0.25) is 9.36 Å². The van der Waals surface area contributed by atoms with E-state index in [-0.39, 0.29) is 17.7 Å². The minimum absolute atomic E-state index is 0.0401. The lowest BCUT2D eigenvalue weighted by atomic mass is 10.1. The van der Waals surface area contributed by atoms with Crippen molar-refractivity contribution in [2.24, 2.45) is 0 Å². The molecule has 2 aromatic rings. The first kappa shape index (κ1) is 13.4. The first-order chi connectivity index (χ1) is 9.02. The number of benzene rings is 1. The standard InChI is InChI=1S/C13H9BrFN3O/c1-8-17-6-11(14)13(19)18(8)7-10-4-9(5-16)2-3-12(10)15/h2-4,6H,7H2,1H3. The van der Waals surface area contributed by atoms with Crippen LogP contribution in [0, 0.1) is 24.1 Å². The van der Waals surface area contributed by atoms with E-state index in [0.29, 0.717) is 15.9 Å². The largest absolute Gasteiger partial charge is 0.291 e. The molecule has 0 aliphatic heterocycles. The third-order valence-electron chi connectivity index (χ3n) is 2.71. The fourth-order valence-electron chi connectivity index (χ4n) is 1.67. The van der Waals surface area contributed by atoms with Crippen molar-refractivity contribution in [3.63, 3.8) is 0 Å². The van der Waals surface area contributed by atoms with Crippen molar-refractivity contribution in [1.29, 1.82) is 5.26 Å². The second-order valence-electron chi connectivity index (χ2n) is 3.96. The van der Waals surface area contributed by atoms with Gasteiger partial charge in [-0.25, -0.2) is 9.37 Å². The van der Waals surface area contributed by atoms with E-state index in [1.807, 2.05) is 6.07 Å². The topological polar surface area (TPSA) is 58.7 Å². The van der Waals surface area contributed by atoms with Crippen LogP contribution in [-0.2, 0) is 6.54 Å². The van der Waals surface area contributed by atoms with Crippen molar-refractivity contribution in [1.82, 2.24) is 9.55 Å². The van der Waals surface area contributed by atoms with Gasteiger partial charge in [0, 0.05) is 11.8 Å². The van der Waals surface area contributed by atoms with Crippen molar-refractivity contribution < 1.29 is 4.39 Å². The Morgan fingerprint density at radius 2 is 2.26 bits per heavy atom. The number of rotatable bonds is 2. The van der Waals surface area contributed by atoms with E-state index < -0.39 is 5.82 Å². The number of nitriles is 1. The number of aryl methyl sites for hydroxylation is 1. The molecule has 1 heterocycles. The van der Waals surface area contributed by atoms with Gasteiger partial charge in [-0.05, 0) is 41.1 Å². The zero-order valence-corrected chi connectivity index (χ0v) is 11.6. The number of hydrogen-bond acceptors (Lipinski definition) is 3. The smallest absolute Gasteiger partial charge is 0.268 e.